The minimum Gasteiger partial charge on any atom is -0.497 e. The van der Waals surface area contributed by atoms with E-state index in [2.05, 4.69) is 0 Å². The van der Waals surface area contributed by atoms with E-state index in [1.807, 2.05) is 0 Å². The minimum atomic E-state index is -0.911. The van der Waals surface area contributed by atoms with Crippen molar-refractivity contribution in [1.82, 2.24) is 0 Å². The molecule has 0 radical (unpaired) electrons. The van der Waals surface area contributed by atoms with Crippen LogP contribution in [0, 0.1) is 17.5 Å². The Morgan fingerprint density at radius 1 is 0.828 bits per heavy atom. The maximum absolute atomic E-state index is 14.4. The molecule has 3 aromatic carbocycles. The third-order valence-electron chi connectivity index (χ3n) is 4.42. The lowest BCUT2D eigenvalue weighted by molar-refractivity contribution is 0.131. The van der Waals surface area contributed by atoms with Crippen molar-refractivity contribution in [2.75, 3.05) is 13.7 Å². The smallest absolute Gasteiger partial charge is 0.168 e. The topological polar surface area (TPSA) is 27.7 Å². The lowest BCUT2D eigenvalue weighted by Gasteiger charge is -2.11. The molecule has 6 heteroatoms. The zero-order chi connectivity index (χ0) is 20.8. The summed E-state index contributed by atoms with van der Waals surface area (Å²) in [7, 11) is 1.46. The molecule has 0 saturated heterocycles. The van der Waals surface area contributed by atoms with Crippen LogP contribution < -0.4 is 9.47 Å². The molecule has 0 fully saturated rings. The molecule has 3 aromatic rings. The highest BCUT2D eigenvalue weighted by atomic mass is 19.2. The lowest BCUT2D eigenvalue weighted by Crippen LogP contribution is -2.00. The zero-order valence-corrected chi connectivity index (χ0v) is 16.2. The zero-order valence-electron chi connectivity index (χ0n) is 16.2. The average molecular weight is 402 g/mol. The summed E-state index contributed by atoms with van der Waals surface area (Å²) in [6.07, 6.45) is 0. The van der Waals surface area contributed by atoms with Crippen LogP contribution in [-0.4, -0.2) is 13.7 Å². The SMILES string of the molecule is CCOCc1ccc(-c2ccc(COc3ccc(OC)cc3F)cc2)c(F)c1F. The van der Waals surface area contributed by atoms with Crippen LogP contribution >= 0.6 is 0 Å². The molecule has 0 spiro atoms. The highest BCUT2D eigenvalue weighted by Crippen LogP contribution is 2.28. The first kappa shape index (κ1) is 20.7. The lowest BCUT2D eigenvalue weighted by atomic mass is 10.0. The number of hydrogen-bond acceptors (Lipinski definition) is 3. The van der Waals surface area contributed by atoms with Crippen molar-refractivity contribution in [3.63, 3.8) is 0 Å². The number of hydrogen-bond donors (Lipinski definition) is 0. The van der Waals surface area contributed by atoms with Crippen LogP contribution in [0.1, 0.15) is 18.1 Å². The Morgan fingerprint density at radius 2 is 1.59 bits per heavy atom. The quantitative estimate of drug-likeness (QED) is 0.470. The summed E-state index contributed by atoms with van der Waals surface area (Å²) in [5, 5.41) is 0. The van der Waals surface area contributed by atoms with Crippen LogP contribution in [0.2, 0.25) is 0 Å². The van der Waals surface area contributed by atoms with E-state index in [4.69, 9.17) is 14.2 Å². The van der Waals surface area contributed by atoms with Crippen molar-refractivity contribution in [3.05, 3.63) is 83.2 Å². The number of benzene rings is 3. The molecule has 0 heterocycles. The van der Waals surface area contributed by atoms with Crippen molar-refractivity contribution < 1.29 is 27.4 Å². The first-order chi connectivity index (χ1) is 14.0. The Hall–Kier alpha value is -2.99. The molecule has 3 nitrogen and oxygen atoms in total. The van der Waals surface area contributed by atoms with Crippen LogP contribution in [0.25, 0.3) is 11.1 Å². The van der Waals surface area contributed by atoms with Gasteiger partial charge in [-0.05, 0) is 30.2 Å². The maximum Gasteiger partial charge on any atom is 0.168 e. The Morgan fingerprint density at radius 3 is 2.24 bits per heavy atom. The normalized spacial score (nSPS) is 10.8. The van der Waals surface area contributed by atoms with Crippen molar-refractivity contribution in [2.24, 2.45) is 0 Å². The number of methoxy groups -OCH3 is 1. The van der Waals surface area contributed by atoms with Gasteiger partial charge in [-0.3, -0.25) is 0 Å². The Labute approximate surface area is 167 Å². The molecular weight excluding hydrogens is 381 g/mol. The van der Waals surface area contributed by atoms with Gasteiger partial charge in [0.05, 0.1) is 13.7 Å². The van der Waals surface area contributed by atoms with Crippen LogP contribution in [0.3, 0.4) is 0 Å². The fourth-order valence-electron chi connectivity index (χ4n) is 2.80. The average Bonchev–Trinajstić information content (AvgIpc) is 2.74. The monoisotopic (exact) mass is 402 g/mol. The van der Waals surface area contributed by atoms with E-state index in [-0.39, 0.29) is 30.1 Å². The molecule has 0 aliphatic rings. The summed E-state index contributed by atoms with van der Waals surface area (Å²) < 4.78 is 58.2. The van der Waals surface area contributed by atoms with Gasteiger partial charge in [-0.15, -0.1) is 0 Å². The molecule has 0 saturated carbocycles. The first-order valence-corrected chi connectivity index (χ1v) is 9.13. The van der Waals surface area contributed by atoms with Gasteiger partial charge >= 0.3 is 0 Å². The summed E-state index contributed by atoms with van der Waals surface area (Å²) in [5.41, 5.74) is 1.64. The largest absolute Gasteiger partial charge is 0.497 e. The van der Waals surface area contributed by atoms with Gasteiger partial charge in [0.1, 0.15) is 12.4 Å². The summed E-state index contributed by atoms with van der Waals surface area (Å²) in [5.74, 6) is -1.83. The van der Waals surface area contributed by atoms with Crippen molar-refractivity contribution in [1.29, 1.82) is 0 Å². The second kappa shape index (κ2) is 9.47. The van der Waals surface area contributed by atoms with Gasteiger partial charge in [0.15, 0.2) is 23.2 Å². The molecular formula is C23H21F3O3. The van der Waals surface area contributed by atoms with E-state index in [0.717, 1.165) is 5.56 Å². The molecule has 3 rings (SSSR count). The van der Waals surface area contributed by atoms with E-state index in [1.54, 1.807) is 37.3 Å². The van der Waals surface area contributed by atoms with Gasteiger partial charge in [-0.1, -0.05) is 36.4 Å². The highest BCUT2D eigenvalue weighted by molar-refractivity contribution is 5.65. The molecule has 0 N–H and O–H groups in total. The van der Waals surface area contributed by atoms with Crippen LogP contribution in [0.4, 0.5) is 13.2 Å². The predicted octanol–water partition coefficient (Wildman–Crippen LogP) is 5.90. The summed E-state index contributed by atoms with van der Waals surface area (Å²) >= 11 is 0. The third kappa shape index (κ3) is 4.90. The molecule has 0 amide bonds. The van der Waals surface area contributed by atoms with Crippen LogP contribution in [-0.2, 0) is 18.0 Å². The van der Waals surface area contributed by atoms with Gasteiger partial charge in [0.2, 0.25) is 0 Å². The Balaban J connectivity index is 1.71. The predicted molar refractivity (Wildman–Crippen MR) is 104 cm³/mol. The summed E-state index contributed by atoms with van der Waals surface area (Å²) in [6, 6.07) is 14.2. The first-order valence-electron chi connectivity index (χ1n) is 9.13. The number of ether oxygens (including phenoxy) is 3. The molecule has 152 valence electrons. The van der Waals surface area contributed by atoms with Gasteiger partial charge < -0.3 is 14.2 Å². The van der Waals surface area contributed by atoms with Gasteiger partial charge in [-0.2, -0.15) is 0 Å². The molecule has 0 atom stereocenters. The maximum atomic E-state index is 14.4. The molecule has 0 aliphatic heterocycles. The van der Waals surface area contributed by atoms with Crippen molar-refractivity contribution in [3.8, 4) is 22.6 Å². The molecule has 0 aliphatic carbocycles. The Bertz CT molecular complexity index is 972. The second-order valence-corrected chi connectivity index (χ2v) is 6.32. The van der Waals surface area contributed by atoms with E-state index in [1.165, 1.54) is 31.4 Å². The van der Waals surface area contributed by atoms with Crippen LogP contribution in [0.5, 0.6) is 11.5 Å². The van der Waals surface area contributed by atoms with E-state index >= 15 is 0 Å². The molecule has 29 heavy (non-hydrogen) atoms. The van der Waals surface area contributed by atoms with E-state index < -0.39 is 17.5 Å². The minimum absolute atomic E-state index is 0.0255. The standard InChI is InChI=1S/C23H21F3O3/c1-3-28-14-17-8-10-19(23(26)22(17)25)16-6-4-15(5-7-16)13-29-21-11-9-18(27-2)12-20(21)24/h4-12H,3,13-14H2,1-2H3. The molecule has 0 bridgehead atoms. The van der Waals surface area contributed by atoms with Crippen LogP contribution in [0.15, 0.2) is 54.6 Å². The second-order valence-electron chi connectivity index (χ2n) is 6.32. The van der Waals surface area contributed by atoms with Gasteiger partial charge in [0.25, 0.3) is 0 Å². The summed E-state index contributed by atoms with van der Waals surface area (Å²) in [6.45, 7) is 2.37. The molecule has 0 aromatic heterocycles. The number of rotatable bonds is 8. The third-order valence-corrected chi connectivity index (χ3v) is 4.42. The van der Waals surface area contributed by atoms with Gasteiger partial charge in [0, 0.05) is 23.8 Å². The summed E-state index contributed by atoms with van der Waals surface area (Å²) in [4.78, 5) is 0. The van der Waals surface area contributed by atoms with Gasteiger partial charge in [-0.25, -0.2) is 13.2 Å². The van der Waals surface area contributed by atoms with E-state index in [0.29, 0.717) is 17.9 Å². The fraction of sp³-hybridized carbons (Fsp3) is 0.217. The number of halogens is 3. The highest BCUT2D eigenvalue weighted by Gasteiger charge is 2.15. The fourth-order valence-corrected chi connectivity index (χ4v) is 2.80. The van der Waals surface area contributed by atoms with Crippen molar-refractivity contribution >= 4 is 0 Å². The Kier molecular flexibility index (Phi) is 6.77. The van der Waals surface area contributed by atoms with Crippen molar-refractivity contribution in [2.45, 2.75) is 20.1 Å². The molecule has 0 unspecified atom stereocenters. The van der Waals surface area contributed by atoms with E-state index in [9.17, 15) is 13.2 Å².